The number of allylic oxidation sites excluding steroid dienone is 2. The Bertz CT molecular complexity index is 372. The lowest BCUT2D eigenvalue weighted by Crippen LogP contribution is -2.25. The van der Waals surface area contributed by atoms with Crippen molar-refractivity contribution < 1.29 is 25.8 Å². The molecule has 0 saturated carbocycles. The van der Waals surface area contributed by atoms with Crippen molar-refractivity contribution in [1.29, 1.82) is 0 Å². The zero-order valence-corrected chi connectivity index (χ0v) is 12.1. The first-order valence-corrected chi connectivity index (χ1v) is 7.85. The van der Waals surface area contributed by atoms with Gasteiger partial charge in [0.05, 0.1) is 0 Å². The summed E-state index contributed by atoms with van der Waals surface area (Å²) in [4.78, 5) is 0. The van der Waals surface area contributed by atoms with E-state index in [1.165, 1.54) is 6.08 Å². The van der Waals surface area contributed by atoms with Gasteiger partial charge in [-0.1, -0.05) is 33.1 Å². The number of hydrogen-bond donors (Lipinski definition) is 0. The fourth-order valence-electron chi connectivity index (χ4n) is 1.38. The van der Waals surface area contributed by atoms with Gasteiger partial charge in [-0.3, -0.25) is 0 Å². The zero-order valence-electron chi connectivity index (χ0n) is 11.3. The molecule has 0 spiro atoms. The Labute approximate surface area is 113 Å². The van der Waals surface area contributed by atoms with E-state index in [2.05, 4.69) is 4.18 Å². The van der Waals surface area contributed by atoms with Crippen LogP contribution in [-0.2, 0) is 14.3 Å². The first-order valence-electron chi connectivity index (χ1n) is 6.44. The predicted octanol–water partition coefficient (Wildman–Crippen LogP) is 4.51. The molecule has 3 nitrogen and oxygen atoms in total. The first kappa shape index (κ1) is 18.3. The van der Waals surface area contributed by atoms with Crippen LogP contribution < -0.4 is 0 Å². The van der Waals surface area contributed by atoms with Crippen molar-refractivity contribution in [2.24, 2.45) is 0 Å². The summed E-state index contributed by atoms with van der Waals surface area (Å²) in [6, 6.07) is 0. The van der Waals surface area contributed by atoms with E-state index >= 15 is 0 Å². The molecular formula is C12H21F3O3S. The minimum absolute atomic E-state index is 0.0979. The van der Waals surface area contributed by atoms with Crippen molar-refractivity contribution in [3.8, 4) is 0 Å². The van der Waals surface area contributed by atoms with E-state index in [1.807, 2.05) is 13.8 Å². The van der Waals surface area contributed by atoms with Gasteiger partial charge in [0.2, 0.25) is 0 Å². The zero-order chi connectivity index (χ0) is 14.9. The molecule has 0 aliphatic rings. The highest BCUT2D eigenvalue weighted by atomic mass is 32.2. The third kappa shape index (κ3) is 7.44. The molecule has 0 radical (unpaired) electrons. The molecule has 0 bridgehead atoms. The molecule has 114 valence electrons. The van der Waals surface area contributed by atoms with Crippen LogP contribution in [-0.4, -0.2) is 13.9 Å². The number of halogens is 3. The number of unbranched alkanes of at least 4 members (excludes halogenated alkanes) is 4. The van der Waals surface area contributed by atoms with Gasteiger partial charge in [0.1, 0.15) is 5.76 Å². The average molecular weight is 302 g/mol. The first-order chi connectivity index (χ1) is 8.74. The largest absolute Gasteiger partial charge is 0.534 e. The Morgan fingerprint density at radius 2 is 1.68 bits per heavy atom. The Balaban J connectivity index is 4.70. The van der Waals surface area contributed by atoms with Crippen LogP contribution in [0.5, 0.6) is 0 Å². The molecule has 0 saturated heterocycles. The predicted molar refractivity (Wildman–Crippen MR) is 67.8 cm³/mol. The van der Waals surface area contributed by atoms with Gasteiger partial charge in [-0.2, -0.15) is 21.6 Å². The van der Waals surface area contributed by atoms with Crippen LogP contribution in [0.15, 0.2) is 11.8 Å². The van der Waals surface area contributed by atoms with Crippen molar-refractivity contribution in [2.75, 3.05) is 0 Å². The molecule has 0 amide bonds. The van der Waals surface area contributed by atoms with E-state index in [4.69, 9.17) is 0 Å². The van der Waals surface area contributed by atoms with E-state index in [1.54, 1.807) is 0 Å². The third-order valence-electron chi connectivity index (χ3n) is 2.46. The SMILES string of the molecule is CCCCC=C(CCCCC)OS(=O)(=O)C(F)(F)F. The summed E-state index contributed by atoms with van der Waals surface area (Å²) >= 11 is 0. The lowest BCUT2D eigenvalue weighted by atomic mass is 10.1. The molecule has 0 aliphatic heterocycles. The second-order valence-corrected chi connectivity index (χ2v) is 5.79. The van der Waals surface area contributed by atoms with Gasteiger partial charge in [-0.25, -0.2) is 0 Å². The average Bonchev–Trinajstić information content (AvgIpc) is 2.27. The Hall–Kier alpha value is -0.720. The molecule has 0 rings (SSSR count). The molecule has 7 heteroatoms. The normalized spacial score (nSPS) is 13.6. The van der Waals surface area contributed by atoms with Gasteiger partial charge < -0.3 is 4.18 Å². The van der Waals surface area contributed by atoms with Crippen molar-refractivity contribution in [1.82, 2.24) is 0 Å². The van der Waals surface area contributed by atoms with Crippen LogP contribution in [0.4, 0.5) is 13.2 Å². The Kier molecular flexibility index (Phi) is 8.13. The van der Waals surface area contributed by atoms with Crippen LogP contribution in [0.2, 0.25) is 0 Å². The molecule has 0 aliphatic carbocycles. The summed E-state index contributed by atoms with van der Waals surface area (Å²) in [5, 5.41) is 0. The Morgan fingerprint density at radius 1 is 1.11 bits per heavy atom. The van der Waals surface area contributed by atoms with E-state index in [0.29, 0.717) is 12.8 Å². The summed E-state index contributed by atoms with van der Waals surface area (Å²) in [6.07, 6.45) is 6.18. The van der Waals surface area contributed by atoms with E-state index in [-0.39, 0.29) is 12.2 Å². The maximum absolute atomic E-state index is 12.2. The van der Waals surface area contributed by atoms with Gasteiger partial charge in [-0.05, 0) is 25.3 Å². The van der Waals surface area contributed by atoms with Crippen LogP contribution >= 0.6 is 0 Å². The highest BCUT2D eigenvalue weighted by Gasteiger charge is 2.48. The van der Waals surface area contributed by atoms with Crippen molar-refractivity contribution in [3.05, 3.63) is 11.8 Å². The fraction of sp³-hybridized carbons (Fsp3) is 0.833. The molecule has 0 aromatic carbocycles. The summed E-state index contributed by atoms with van der Waals surface area (Å²) in [7, 11) is -5.54. The summed E-state index contributed by atoms with van der Waals surface area (Å²) in [5.41, 5.74) is -5.37. The van der Waals surface area contributed by atoms with E-state index in [0.717, 1.165) is 25.7 Å². The second-order valence-electron chi connectivity index (χ2n) is 4.25. The van der Waals surface area contributed by atoms with Crippen molar-refractivity contribution >= 4 is 10.1 Å². The molecule has 0 fully saturated rings. The molecule has 0 atom stereocenters. The molecule has 0 N–H and O–H groups in total. The maximum atomic E-state index is 12.2. The second kappa shape index (κ2) is 8.45. The van der Waals surface area contributed by atoms with Crippen LogP contribution in [0.3, 0.4) is 0 Å². The summed E-state index contributed by atoms with van der Waals surface area (Å²) in [5.74, 6) is -0.0979. The van der Waals surface area contributed by atoms with Gasteiger partial charge in [0.15, 0.2) is 0 Å². The fourth-order valence-corrected chi connectivity index (χ4v) is 1.91. The quantitative estimate of drug-likeness (QED) is 0.272. The highest BCUT2D eigenvalue weighted by Crippen LogP contribution is 2.28. The van der Waals surface area contributed by atoms with Crippen LogP contribution in [0, 0.1) is 0 Å². The number of alkyl halides is 3. The molecule has 0 aromatic rings. The lowest BCUT2D eigenvalue weighted by Gasteiger charge is -2.12. The monoisotopic (exact) mass is 302 g/mol. The van der Waals surface area contributed by atoms with Crippen molar-refractivity contribution in [3.63, 3.8) is 0 Å². The van der Waals surface area contributed by atoms with Gasteiger partial charge >= 0.3 is 15.6 Å². The topological polar surface area (TPSA) is 43.4 Å². The summed E-state index contributed by atoms with van der Waals surface area (Å²) in [6.45, 7) is 3.89. The maximum Gasteiger partial charge on any atom is 0.534 e. The standard InChI is InChI=1S/C12H21F3O3S/c1-3-5-7-9-11(10-8-6-4-2)18-19(16,17)12(13,14)15/h9H,3-8,10H2,1-2H3. The lowest BCUT2D eigenvalue weighted by molar-refractivity contribution is -0.0523. The van der Waals surface area contributed by atoms with E-state index in [9.17, 15) is 21.6 Å². The smallest absolute Gasteiger partial charge is 0.381 e. The van der Waals surface area contributed by atoms with E-state index < -0.39 is 15.6 Å². The molecule has 0 unspecified atom stereocenters. The van der Waals surface area contributed by atoms with Gasteiger partial charge in [-0.15, -0.1) is 0 Å². The van der Waals surface area contributed by atoms with Crippen molar-refractivity contribution in [2.45, 2.75) is 64.3 Å². The number of hydrogen-bond acceptors (Lipinski definition) is 3. The Morgan fingerprint density at radius 3 is 2.16 bits per heavy atom. The minimum Gasteiger partial charge on any atom is -0.381 e. The molecular weight excluding hydrogens is 281 g/mol. The molecule has 19 heavy (non-hydrogen) atoms. The van der Waals surface area contributed by atoms with Crippen LogP contribution in [0.25, 0.3) is 0 Å². The highest BCUT2D eigenvalue weighted by molar-refractivity contribution is 7.87. The molecule has 0 aromatic heterocycles. The molecule has 0 heterocycles. The van der Waals surface area contributed by atoms with Gasteiger partial charge in [0, 0.05) is 6.42 Å². The third-order valence-corrected chi connectivity index (χ3v) is 3.46. The summed E-state index contributed by atoms with van der Waals surface area (Å²) < 4.78 is 62.8. The number of rotatable bonds is 9. The minimum atomic E-state index is -5.54. The van der Waals surface area contributed by atoms with Crippen LogP contribution in [0.1, 0.15) is 58.8 Å². The van der Waals surface area contributed by atoms with Gasteiger partial charge in [0.25, 0.3) is 0 Å².